The fourth-order valence-electron chi connectivity index (χ4n) is 3.65. The second kappa shape index (κ2) is 8.80. The third kappa shape index (κ3) is 4.86. The number of aromatic nitrogens is 1. The number of hydrogen-bond acceptors (Lipinski definition) is 4. The second-order valence-corrected chi connectivity index (χ2v) is 7.80. The summed E-state index contributed by atoms with van der Waals surface area (Å²) in [6.07, 6.45) is 4.18. The van der Waals surface area contributed by atoms with E-state index in [0.29, 0.717) is 43.1 Å². The van der Waals surface area contributed by atoms with E-state index in [2.05, 4.69) is 4.98 Å². The first-order chi connectivity index (χ1) is 14.1. The third-order valence-electron chi connectivity index (χ3n) is 5.31. The maximum Gasteiger partial charge on any atom is 0.222 e. The highest BCUT2D eigenvalue weighted by Gasteiger charge is 2.31. The Morgan fingerprint density at radius 1 is 1.17 bits per heavy atom. The lowest BCUT2D eigenvalue weighted by molar-refractivity contribution is -0.137. The van der Waals surface area contributed by atoms with Gasteiger partial charge in [-0.05, 0) is 47.7 Å². The minimum absolute atomic E-state index is 0.0502. The van der Waals surface area contributed by atoms with Crippen molar-refractivity contribution < 1.29 is 14.6 Å². The molecule has 1 aliphatic rings. The number of aryl methyl sites for hydroxylation is 1. The van der Waals surface area contributed by atoms with Crippen LogP contribution in [0, 0.1) is 0 Å². The summed E-state index contributed by atoms with van der Waals surface area (Å²) in [6.45, 7) is 0.871. The largest absolute Gasteiger partial charge is 0.488 e. The molecule has 29 heavy (non-hydrogen) atoms. The van der Waals surface area contributed by atoms with Gasteiger partial charge in [0.1, 0.15) is 18.0 Å². The van der Waals surface area contributed by atoms with Crippen LogP contribution in [0.25, 0.3) is 10.8 Å². The number of halogens is 1. The summed E-state index contributed by atoms with van der Waals surface area (Å²) in [7, 11) is 0. The van der Waals surface area contributed by atoms with Gasteiger partial charge >= 0.3 is 0 Å². The van der Waals surface area contributed by atoms with Crippen LogP contribution >= 0.6 is 11.6 Å². The molecule has 1 aromatic heterocycles. The molecule has 1 amide bonds. The Hall–Kier alpha value is -2.63. The van der Waals surface area contributed by atoms with Crippen molar-refractivity contribution in [1.82, 2.24) is 9.88 Å². The van der Waals surface area contributed by atoms with Gasteiger partial charge in [-0.25, -0.2) is 0 Å². The van der Waals surface area contributed by atoms with Gasteiger partial charge in [0.2, 0.25) is 5.91 Å². The van der Waals surface area contributed by atoms with E-state index in [1.807, 2.05) is 48.5 Å². The zero-order valence-corrected chi connectivity index (χ0v) is 16.8. The second-order valence-electron chi connectivity index (χ2n) is 7.36. The molecule has 1 saturated heterocycles. The number of ether oxygens (including phenoxy) is 1. The topological polar surface area (TPSA) is 62.7 Å². The van der Waals surface area contributed by atoms with E-state index >= 15 is 0 Å². The lowest BCUT2D eigenvalue weighted by Crippen LogP contribution is -2.51. The highest BCUT2D eigenvalue weighted by molar-refractivity contribution is 6.30. The third-order valence-corrected chi connectivity index (χ3v) is 5.57. The van der Waals surface area contributed by atoms with Gasteiger partial charge in [-0.15, -0.1) is 0 Å². The van der Waals surface area contributed by atoms with Crippen LogP contribution < -0.4 is 4.74 Å². The fourth-order valence-corrected chi connectivity index (χ4v) is 3.77. The predicted octanol–water partition coefficient (Wildman–Crippen LogP) is 3.86. The van der Waals surface area contributed by atoms with Crippen LogP contribution in [0.5, 0.6) is 5.75 Å². The number of hydrogen-bond donors (Lipinski definition) is 1. The van der Waals surface area contributed by atoms with Crippen molar-refractivity contribution in [3.63, 3.8) is 0 Å². The Kier molecular flexibility index (Phi) is 5.97. The van der Waals surface area contributed by atoms with Gasteiger partial charge < -0.3 is 14.7 Å². The molecule has 2 atom stereocenters. The number of carbonyl (C=O) groups is 1. The summed E-state index contributed by atoms with van der Waals surface area (Å²) in [5.74, 6) is 0.756. The Morgan fingerprint density at radius 2 is 2.00 bits per heavy atom. The molecule has 2 aromatic carbocycles. The quantitative estimate of drug-likeness (QED) is 0.693. The maximum atomic E-state index is 12.5. The molecule has 0 unspecified atom stereocenters. The molecule has 0 radical (unpaired) electrons. The normalized spacial score (nSPS) is 19.3. The number of aliphatic hydroxyl groups is 1. The fraction of sp³-hybridized carbons (Fsp3) is 0.304. The average Bonchev–Trinajstić information content (AvgIpc) is 2.74. The molecule has 0 bridgehead atoms. The number of pyridine rings is 1. The number of benzene rings is 2. The van der Waals surface area contributed by atoms with Crippen molar-refractivity contribution in [2.45, 2.75) is 31.5 Å². The van der Waals surface area contributed by atoms with Gasteiger partial charge in [0.05, 0.1) is 6.54 Å². The minimum Gasteiger partial charge on any atom is -0.488 e. The molecule has 1 fully saturated rings. The lowest BCUT2D eigenvalue weighted by Gasteiger charge is -2.36. The molecule has 0 saturated carbocycles. The van der Waals surface area contributed by atoms with Gasteiger partial charge in [0, 0.05) is 42.2 Å². The molecule has 5 nitrogen and oxygen atoms in total. The number of likely N-dealkylation sites (tertiary alicyclic amines) is 1. The Balaban J connectivity index is 1.31. The highest BCUT2D eigenvalue weighted by atomic mass is 35.5. The first kappa shape index (κ1) is 19.7. The van der Waals surface area contributed by atoms with Crippen LogP contribution in [-0.4, -0.2) is 46.2 Å². The zero-order chi connectivity index (χ0) is 20.2. The van der Waals surface area contributed by atoms with Gasteiger partial charge in [-0.1, -0.05) is 29.8 Å². The first-order valence-electron chi connectivity index (χ1n) is 9.79. The van der Waals surface area contributed by atoms with E-state index in [9.17, 15) is 9.90 Å². The average molecular weight is 411 g/mol. The van der Waals surface area contributed by atoms with Gasteiger partial charge in [-0.3, -0.25) is 9.78 Å². The highest BCUT2D eigenvalue weighted by Crippen LogP contribution is 2.24. The van der Waals surface area contributed by atoms with Gasteiger partial charge in [-0.2, -0.15) is 0 Å². The Bertz CT molecular complexity index is 993. The van der Waals surface area contributed by atoms with Crippen molar-refractivity contribution in [2.75, 3.05) is 13.1 Å². The number of fused-ring (bicyclic) bond motifs is 1. The molecular weight excluding hydrogens is 388 g/mol. The van der Waals surface area contributed by atoms with E-state index in [0.717, 1.165) is 16.3 Å². The van der Waals surface area contributed by atoms with Gasteiger partial charge in [0.25, 0.3) is 0 Å². The molecule has 2 heterocycles. The molecule has 1 N–H and O–H groups in total. The summed E-state index contributed by atoms with van der Waals surface area (Å²) < 4.78 is 6.02. The molecule has 4 rings (SSSR count). The molecule has 6 heteroatoms. The smallest absolute Gasteiger partial charge is 0.222 e. The number of rotatable bonds is 5. The van der Waals surface area contributed by atoms with Crippen LogP contribution in [0.4, 0.5) is 0 Å². The summed E-state index contributed by atoms with van der Waals surface area (Å²) in [5.41, 5.74) is 1.08. The zero-order valence-electron chi connectivity index (χ0n) is 16.0. The number of amides is 1. The van der Waals surface area contributed by atoms with E-state index in [1.165, 1.54) is 0 Å². The molecule has 3 aromatic rings. The van der Waals surface area contributed by atoms with E-state index in [4.69, 9.17) is 16.3 Å². The van der Waals surface area contributed by atoms with Crippen molar-refractivity contribution in [3.05, 3.63) is 71.5 Å². The summed E-state index contributed by atoms with van der Waals surface area (Å²) in [4.78, 5) is 18.4. The van der Waals surface area contributed by atoms with Crippen molar-refractivity contribution in [1.29, 1.82) is 0 Å². The van der Waals surface area contributed by atoms with Crippen molar-refractivity contribution in [3.8, 4) is 5.75 Å². The summed E-state index contributed by atoms with van der Waals surface area (Å²) >= 11 is 5.89. The molecule has 1 aliphatic heterocycles. The molecule has 0 aliphatic carbocycles. The Labute approximate surface area is 174 Å². The SMILES string of the molecule is O=C(CCc1ccc(Cl)cc1)N1CC[C@@H](Oc2ccc3ccncc3c2)[C@H](O)C1. The van der Waals surface area contributed by atoms with E-state index in [1.54, 1.807) is 17.3 Å². The summed E-state index contributed by atoms with van der Waals surface area (Å²) in [5, 5.41) is 13.3. The lowest BCUT2D eigenvalue weighted by atomic mass is 10.0. The first-order valence-corrected chi connectivity index (χ1v) is 10.2. The van der Waals surface area contributed by atoms with Crippen molar-refractivity contribution in [2.24, 2.45) is 0 Å². The standard InChI is InChI=1S/C23H23ClN2O3/c24-19-5-1-16(2-6-19)3-8-23(28)26-12-10-22(21(27)15-26)29-20-7-4-17-9-11-25-14-18(17)13-20/h1-2,4-7,9,11,13-14,21-22,27H,3,8,10,12,15H2/t21-,22-/m1/s1. The predicted molar refractivity (Wildman–Crippen MR) is 113 cm³/mol. The van der Waals surface area contributed by atoms with Crippen LogP contribution in [0.2, 0.25) is 5.02 Å². The van der Waals surface area contributed by atoms with Gasteiger partial charge in [0.15, 0.2) is 0 Å². The number of nitrogens with zero attached hydrogens (tertiary/aromatic N) is 2. The van der Waals surface area contributed by atoms with Crippen LogP contribution in [0.3, 0.4) is 0 Å². The number of β-amino-alcohol motifs (C(OH)–C–C–N with tert-alkyl or cyclic N) is 1. The van der Waals surface area contributed by atoms with E-state index < -0.39 is 6.10 Å². The molecule has 0 spiro atoms. The Morgan fingerprint density at radius 3 is 2.79 bits per heavy atom. The molecule has 150 valence electrons. The maximum absolute atomic E-state index is 12.5. The number of aliphatic hydroxyl groups excluding tert-OH is 1. The van der Waals surface area contributed by atoms with E-state index in [-0.39, 0.29) is 12.0 Å². The number of carbonyl (C=O) groups excluding carboxylic acids is 1. The van der Waals surface area contributed by atoms with Crippen LogP contribution in [0.1, 0.15) is 18.4 Å². The number of piperidine rings is 1. The van der Waals surface area contributed by atoms with Crippen LogP contribution in [-0.2, 0) is 11.2 Å². The minimum atomic E-state index is -0.715. The van der Waals surface area contributed by atoms with Crippen molar-refractivity contribution >= 4 is 28.3 Å². The summed E-state index contributed by atoms with van der Waals surface area (Å²) in [6, 6.07) is 15.3. The molecular formula is C23H23ClN2O3. The monoisotopic (exact) mass is 410 g/mol. The van der Waals surface area contributed by atoms with Crippen LogP contribution in [0.15, 0.2) is 60.9 Å².